The molecule has 1 N–H and O–H groups in total. The van der Waals surface area contributed by atoms with Crippen molar-refractivity contribution < 1.29 is 4.74 Å². The maximum atomic E-state index is 6.01. The molecule has 2 atom stereocenters. The number of nitrogens with zero attached hydrogens (tertiary/aromatic N) is 6. The fourth-order valence-electron chi connectivity index (χ4n) is 3.44. The van der Waals surface area contributed by atoms with Gasteiger partial charge in [0.05, 0.1) is 18.3 Å². The van der Waals surface area contributed by atoms with Crippen molar-refractivity contribution in [3.8, 4) is 0 Å². The van der Waals surface area contributed by atoms with Gasteiger partial charge >= 0.3 is 0 Å². The van der Waals surface area contributed by atoms with E-state index in [4.69, 9.17) is 4.74 Å². The zero-order chi connectivity index (χ0) is 16.0. The van der Waals surface area contributed by atoms with Crippen LogP contribution in [0.25, 0.3) is 0 Å². The van der Waals surface area contributed by atoms with Gasteiger partial charge in [-0.15, -0.1) is 5.10 Å². The standard InChI is InChI=1S/C15H23N7O/c1-9-14(10(2)21(3)18-9)15-12(6-7-23-15)16-8-13-17-19-20-22(13)11-4-5-11/h11-12,15-16H,4-8H2,1-3H3/t12-,15-/m1/s1. The van der Waals surface area contributed by atoms with Crippen LogP contribution in [-0.2, 0) is 18.3 Å². The lowest BCUT2D eigenvalue weighted by molar-refractivity contribution is 0.0972. The molecule has 1 saturated heterocycles. The van der Waals surface area contributed by atoms with Crippen LogP contribution < -0.4 is 5.32 Å². The summed E-state index contributed by atoms with van der Waals surface area (Å²) < 4.78 is 9.90. The van der Waals surface area contributed by atoms with E-state index in [2.05, 4.69) is 39.8 Å². The van der Waals surface area contributed by atoms with Crippen LogP contribution in [0.2, 0.25) is 0 Å². The first-order valence-corrected chi connectivity index (χ1v) is 8.27. The Morgan fingerprint density at radius 3 is 2.78 bits per heavy atom. The second-order valence-corrected chi connectivity index (χ2v) is 6.55. The topological polar surface area (TPSA) is 82.7 Å². The molecule has 0 aromatic carbocycles. The molecule has 3 heterocycles. The third kappa shape index (κ3) is 2.66. The second-order valence-electron chi connectivity index (χ2n) is 6.55. The highest BCUT2D eigenvalue weighted by Crippen LogP contribution is 2.35. The first kappa shape index (κ1) is 14.8. The number of aryl methyl sites for hydroxylation is 2. The van der Waals surface area contributed by atoms with Gasteiger partial charge in [-0.2, -0.15) is 5.10 Å². The van der Waals surface area contributed by atoms with Gasteiger partial charge in [0.2, 0.25) is 0 Å². The number of nitrogens with one attached hydrogen (secondary N) is 1. The summed E-state index contributed by atoms with van der Waals surface area (Å²) in [7, 11) is 1.98. The predicted molar refractivity (Wildman–Crippen MR) is 82.7 cm³/mol. The molecule has 1 saturated carbocycles. The van der Waals surface area contributed by atoms with E-state index in [-0.39, 0.29) is 12.1 Å². The largest absolute Gasteiger partial charge is 0.372 e. The number of hydrogen-bond acceptors (Lipinski definition) is 6. The van der Waals surface area contributed by atoms with Crippen LogP contribution in [0.4, 0.5) is 0 Å². The summed E-state index contributed by atoms with van der Waals surface area (Å²) in [5.74, 6) is 0.915. The minimum Gasteiger partial charge on any atom is -0.372 e. The van der Waals surface area contributed by atoms with Gasteiger partial charge in [0.15, 0.2) is 5.82 Å². The van der Waals surface area contributed by atoms with Crippen LogP contribution >= 0.6 is 0 Å². The van der Waals surface area contributed by atoms with Crippen molar-refractivity contribution in [3.63, 3.8) is 0 Å². The highest BCUT2D eigenvalue weighted by molar-refractivity contribution is 5.29. The zero-order valence-electron chi connectivity index (χ0n) is 13.9. The lowest BCUT2D eigenvalue weighted by Crippen LogP contribution is -2.32. The molecular weight excluding hydrogens is 294 g/mol. The molecule has 124 valence electrons. The quantitative estimate of drug-likeness (QED) is 0.885. The predicted octanol–water partition coefficient (Wildman–Crippen LogP) is 0.978. The third-order valence-corrected chi connectivity index (χ3v) is 4.92. The van der Waals surface area contributed by atoms with Crippen molar-refractivity contribution in [2.24, 2.45) is 7.05 Å². The summed E-state index contributed by atoms with van der Waals surface area (Å²) in [5, 5.41) is 20.2. The molecule has 0 amide bonds. The number of tetrazole rings is 1. The first-order chi connectivity index (χ1) is 11.1. The molecule has 8 nitrogen and oxygen atoms in total. The molecule has 2 aromatic heterocycles. The van der Waals surface area contributed by atoms with E-state index in [1.165, 1.54) is 24.1 Å². The van der Waals surface area contributed by atoms with Crippen LogP contribution in [0.3, 0.4) is 0 Å². The van der Waals surface area contributed by atoms with Gasteiger partial charge in [0.1, 0.15) is 6.10 Å². The zero-order valence-corrected chi connectivity index (χ0v) is 13.9. The molecule has 0 spiro atoms. The molecule has 0 bridgehead atoms. The Kier molecular flexibility index (Phi) is 3.65. The number of ether oxygens (including phenoxy) is 1. The normalized spacial score (nSPS) is 24.5. The molecule has 1 aliphatic carbocycles. The van der Waals surface area contributed by atoms with E-state index in [9.17, 15) is 0 Å². The summed E-state index contributed by atoms with van der Waals surface area (Å²) >= 11 is 0. The molecular formula is C15H23N7O. The average molecular weight is 317 g/mol. The van der Waals surface area contributed by atoms with Gasteiger partial charge in [0, 0.05) is 31.0 Å². The minimum absolute atomic E-state index is 0.0500. The number of hydrogen-bond donors (Lipinski definition) is 1. The van der Waals surface area contributed by atoms with Gasteiger partial charge < -0.3 is 10.1 Å². The summed E-state index contributed by atoms with van der Waals surface area (Å²) in [6.07, 6.45) is 3.40. The maximum Gasteiger partial charge on any atom is 0.165 e. The Balaban J connectivity index is 1.48. The minimum atomic E-state index is 0.0500. The summed E-state index contributed by atoms with van der Waals surface area (Å²) in [5.41, 5.74) is 3.43. The molecule has 4 rings (SSSR count). The Labute approximate surface area is 135 Å². The fourth-order valence-corrected chi connectivity index (χ4v) is 3.44. The summed E-state index contributed by atoms with van der Waals surface area (Å²) in [6, 6.07) is 0.765. The highest BCUT2D eigenvalue weighted by atomic mass is 16.5. The van der Waals surface area contributed by atoms with E-state index >= 15 is 0 Å². The number of aromatic nitrogens is 6. The van der Waals surface area contributed by atoms with Gasteiger partial charge in [-0.25, -0.2) is 4.68 Å². The second kappa shape index (κ2) is 5.68. The van der Waals surface area contributed by atoms with Crippen molar-refractivity contribution in [3.05, 3.63) is 22.8 Å². The van der Waals surface area contributed by atoms with Gasteiger partial charge in [-0.1, -0.05) is 0 Å². The van der Waals surface area contributed by atoms with Crippen molar-refractivity contribution in [1.82, 2.24) is 35.3 Å². The van der Waals surface area contributed by atoms with E-state index in [0.29, 0.717) is 12.6 Å². The van der Waals surface area contributed by atoms with Gasteiger partial charge in [-0.3, -0.25) is 4.68 Å². The van der Waals surface area contributed by atoms with Crippen molar-refractivity contribution in [2.75, 3.05) is 6.61 Å². The molecule has 2 aliphatic rings. The molecule has 1 aliphatic heterocycles. The smallest absolute Gasteiger partial charge is 0.165 e. The van der Waals surface area contributed by atoms with Crippen LogP contribution in [0, 0.1) is 13.8 Å². The van der Waals surface area contributed by atoms with E-state index < -0.39 is 0 Å². The van der Waals surface area contributed by atoms with Crippen molar-refractivity contribution in [2.45, 2.75) is 57.8 Å². The Hall–Kier alpha value is -1.80. The molecule has 23 heavy (non-hydrogen) atoms. The van der Waals surface area contributed by atoms with E-state index in [1.54, 1.807) is 0 Å². The lowest BCUT2D eigenvalue weighted by atomic mass is 10.0. The molecule has 2 fully saturated rings. The molecule has 8 heteroatoms. The van der Waals surface area contributed by atoms with Crippen molar-refractivity contribution in [1.29, 1.82) is 0 Å². The molecule has 2 aromatic rings. The summed E-state index contributed by atoms with van der Waals surface area (Å²) in [4.78, 5) is 0. The van der Waals surface area contributed by atoms with Gasteiger partial charge in [0.25, 0.3) is 0 Å². The first-order valence-electron chi connectivity index (χ1n) is 8.27. The Bertz CT molecular complexity index is 703. The fraction of sp³-hybridized carbons (Fsp3) is 0.733. The Morgan fingerprint density at radius 2 is 2.09 bits per heavy atom. The Morgan fingerprint density at radius 1 is 1.26 bits per heavy atom. The van der Waals surface area contributed by atoms with Gasteiger partial charge in [-0.05, 0) is 43.5 Å². The van der Waals surface area contributed by atoms with Crippen LogP contribution in [0.1, 0.15) is 54.2 Å². The SMILES string of the molecule is Cc1nn(C)c(C)c1[C@@H]1OCC[C@H]1NCc1nnnn1C1CC1. The monoisotopic (exact) mass is 317 g/mol. The molecule has 0 radical (unpaired) electrons. The van der Waals surface area contributed by atoms with Crippen LogP contribution in [0.15, 0.2) is 0 Å². The van der Waals surface area contributed by atoms with Crippen LogP contribution in [0.5, 0.6) is 0 Å². The average Bonchev–Trinajstić information content (AvgIpc) is 2.99. The summed E-state index contributed by atoms with van der Waals surface area (Å²) in [6.45, 7) is 5.59. The van der Waals surface area contributed by atoms with E-state index in [1.807, 2.05) is 16.4 Å². The highest BCUT2D eigenvalue weighted by Gasteiger charge is 2.34. The molecule has 0 unspecified atom stereocenters. The van der Waals surface area contributed by atoms with Crippen LogP contribution in [-0.4, -0.2) is 42.6 Å². The third-order valence-electron chi connectivity index (χ3n) is 4.92. The number of rotatable bonds is 5. The maximum absolute atomic E-state index is 6.01. The lowest BCUT2D eigenvalue weighted by Gasteiger charge is -2.20. The van der Waals surface area contributed by atoms with E-state index in [0.717, 1.165) is 24.5 Å². The van der Waals surface area contributed by atoms with Crippen molar-refractivity contribution >= 4 is 0 Å².